The molecular weight excluding hydrogens is 478 g/mol. The van der Waals surface area contributed by atoms with Gasteiger partial charge in [0.05, 0.1) is 28.0 Å². The predicted octanol–water partition coefficient (Wildman–Crippen LogP) is 3.73. The van der Waals surface area contributed by atoms with E-state index in [2.05, 4.69) is 62.9 Å². The molecule has 6 rings (SSSR count). The van der Waals surface area contributed by atoms with E-state index in [1.54, 1.807) is 17.1 Å². The van der Waals surface area contributed by atoms with Crippen LogP contribution in [0.25, 0.3) is 33.5 Å². The van der Waals surface area contributed by atoms with E-state index in [9.17, 15) is 4.79 Å². The number of nitrogens with one attached hydrogen (secondary N) is 2. The maximum Gasteiger partial charge on any atom is 0.261 e. The third-order valence-electron chi connectivity index (χ3n) is 7.04. The molecule has 0 unspecified atom stereocenters. The van der Waals surface area contributed by atoms with E-state index in [1.807, 2.05) is 31.3 Å². The second-order valence-electron chi connectivity index (χ2n) is 10.2. The number of hydrogen-bond acceptors (Lipinski definition) is 7. The van der Waals surface area contributed by atoms with Crippen molar-refractivity contribution in [2.75, 3.05) is 38.1 Å². The van der Waals surface area contributed by atoms with Crippen LogP contribution in [0.1, 0.15) is 19.5 Å². The van der Waals surface area contributed by atoms with Crippen molar-refractivity contribution < 1.29 is 0 Å². The van der Waals surface area contributed by atoms with Crippen LogP contribution in [0.15, 0.2) is 58.6 Å². The first-order chi connectivity index (χ1) is 18.4. The lowest BCUT2D eigenvalue weighted by molar-refractivity contribution is 0.313. The molecule has 0 saturated carbocycles. The van der Waals surface area contributed by atoms with Gasteiger partial charge in [-0.2, -0.15) is 5.10 Å². The Morgan fingerprint density at radius 1 is 1.03 bits per heavy atom. The number of aliphatic imine (C=N–C) groups is 1. The van der Waals surface area contributed by atoms with Crippen molar-refractivity contribution in [1.29, 1.82) is 0 Å². The standard InChI is InChI=1S/C28H31N9O/c1-17(2)24(20-7-5-6-10-29-20)33-26-23(28(38)32-22-16-36(4)34-25(22)26)27-30-19-9-8-18(15-21(19)31-27)37-13-11-35(3)12-14-37/h5-10,15-17H,11-14H2,1-4H3,(H,30,31)(H,32,38)/b33-24-. The molecule has 0 radical (unpaired) electrons. The quantitative estimate of drug-likeness (QED) is 0.349. The van der Waals surface area contributed by atoms with Crippen molar-refractivity contribution in [3.63, 3.8) is 0 Å². The van der Waals surface area contributed by atoms with Crippen LogP contribution < -0.4 is 10.5 Å². The molecule has 1 fully saturated rings. The third-order valence-corrected chi connectivity index (χ3v) is 7.04. The Bertz CT molecular complexity index is 1700. The molecular formula is C28H31N9O. The molecule has 0 atom stereocenters. The second kappa shape index (κ2) is 9.53. The van der Waals surface area contributed by atoms with Gasteiger partial charge in [0.2, 0.25) is 0 Å². The zero-order chi connectivity index (χ0) is 26.4. The van der Waals surface area contributed by atoms with Crippen LogP contribution in [-0.4, -0.2) is 73.6 Å². The van der Waals surface area contributed by atoms with Crippen LogP contribution in [0.5, 0.6) is 0 Å². The highest BCUT2D eigenvalue weighted by Crippen LogP contribution is 2.34. The average Bonchev–Trinajstić information content (AvgIpc) is 3.49. The second-order valence-corrected chi connectivity index (χ2v) is 10.2. The highest BCUT2D eigenvalue weighted by Gasteiger charge is 2.22. The first kappa shape index (κ1) is 24.1. The Labute approximate surface area is 220 Å². The van der Waals surface area contributed by atoms with Crippen molar-refractivity contribution in [2.24, 2.45) is 18.0 Å². The number of hydrogen-bond donors (Lipinski definition) is 2. The highest BCUT2D eigenvalue weighted by atomic mass is 16.1. The summed E-state index contributed by atoms with van der Waals surface area (Å²) in [4.78, 5) is 39.0. The van der Waals surface area contributed by atoms with Crippen molar-refractivity contribution in [1.82, 2.24) is 34.6 Å². The number of anilines is 1. The third kappa shape index (κ3) is 4.37. The van der Waals surface area contributed by atoms with E-state index in [1.165, 1.54) is 0 Å². The van der Waals surface area contributed by atoms with Crippen molar-refractivity contribution in [2.45, 2.75) is 13.8 Å². The number of likely N-dealkylation sites (N-methyl/N-ethyl adjacent to an activating group) is 1. The topological polar surface area (TPSA) is 111 Å². The largest absolute Gasteiger partial charge is 0.369 e. The van der Waals surface area contributed by atoms with E-state index in [4.69, 9.17) is 9.98 Å². The summed E-state index contributed by atoms with van der Waals surface area (Å²) in [5.74, 6) is 0.532. The summed E-state index contributed by atoms with van der Waals surface area (Å²) in [5, 5.41) is 4.65. The maximum absolute atomic E-state index is 13.5. The average molecular weight is 510 g/mol. The first-order valence-corrected chi connectivity index (χ1v) is 12.9. The number of nitrogens with zero attached hydrogens (tertiary/aromatic N) is 7. The van der Waals surface area contributed by atoms with Crippen molar-refractivity contribution in [3.05, 3.63) is 64.8 Å². The number of aromatic nitrogens is 6. The van der Waals surface area contributed by atoms with E-state index in [0.717, 1.165) is 54.3 Å². The summed E-state index contributed by atoms with van der Waals surface area (Å²) >= 11 is 0. The minimum absolute atomic E-state index is 0.0672. The number of piperazine rings is 1. The fraction of sp³-hybridized carbons (Fsp3) is 0.321. The van der Waals surface area contributed by atoms with Gasteiger partial charge in [-0.3, -0.25) is 14.5 Å². The molecule has 0 spiro atoms. The fourth-order valence-electron chi connectivity index (χ4n) is 4.99. The number of H-pyrrole nitrogens is 2. The van der Waals surface area contributed by atoms with Gasteiger partial charge in [0.25, 0.3) is 5.56 Å². The van der Waals surface area contributed by atoms with E-state index in [-0.39, 0.29) is 11.5 Å². The Kier molecular flexibility index (Phi) is 6.03. The number of pyridine rings is 2. The Hall–Kier alpha value is -4.31. The smallest absolute Gasteiger partial charge is 0.261 e. The summed E-state index contributed by atoms with van der Waals surface area (Å²) in [6.45, 7) is 8.14. The van der Waals surface area contributed by atoms with Crippen LogP contribution in [0, 0.1) is 5.92 Å². The van der Waals surface area contributed by atoms with Gasteiger partial charge in [-0.1, -0.05) is 19.9 Å². The lowest BCUT2D eigenvalue weighted by atomic mass is 10.0. The van der Waals surface area contributed by atoms with Crippen molar-refractivity contribution >= 4 is 39.2 Å². The van der Waals surface area contributed by atoms with Gasteiger partial charge in [-0.25, -0.2) is 9.98 Å². The van der Waals surface area contributed by atoms with E-state index in [0.29, 0.717) is 28.1 Å². The molecule has 5 heterocycles. The van der Waals surface area contributed by atoms with Gasteiger partial charge in [-0.05, 0) is 43.3 Å². The Balaban J connectivity index is 1.53. The summed E-state index contributed by atoms with van der Waals surface area (Å²) in [6, 6.07) is 12.0. The van der Waals surface area contributed by atoms with Gasteiger partial charge in [0.1, 0.15) is 22.6 Å². The molecule has 38 heavy (non-hydrogen) atoms. The summed E-state index contributed by atoms with van der Waals surface area (Å²) in [7, 11) is 3.98. The van der Waals surface area contributed by atoms with Crippen LogP contribution in [0.2, 0.25) is 0 Å². The van der Waals surface area contributed by atoms with Gasteiger partial charge in [0, 0.05) is 51.3 Å². The van der Waals surface area contributed by atoms with Crippen LogP contribution >= 0.6 is 0 Å². The molecule has 0 bridgehead atoms. The molecule has 4 aromatic heterocycles. The molecule has 5 aromatic rings. The molecule has 194 valence electrons. The molecule has 1 aromatic carbocycles. The summed E-state index contributed by atoms with van der Waals surface area (Å²) < 4.78 is 1.68. The van der Waals surface area contributed by atoms with Crippen LogP contribution in [-0.2, 0) is 7.05 Å². The van der Waals surface area contributed by atoms with Gasteiger partial charge in [-0.15, -0.1) is 0 Å². The molecule has 1 saturated heterocycles. The van der Waals surface area contributed by atoms with E-state index < -0.39 is 0 Å². The summed E-state index contributed by atoms with van der Waals surface area (Å²) in [5.41, 5.74) is 6.16. The van der Waals surface area contributed by atoms with Gasteiger partial charge in [0.15, 0.2) is 0 Å². The van der Waals surface area contributed by atoms with Gasteiger partial charge < -0.3 is 19.8 Å². The lowest BCUT2D eigenvalue weighted by Gasteiger charge is -2.34. The van der Waals surface area contributed by atoms with E-state index >= 15 is 0 Å². The molecule has 0 aliphatic carbocycles. The Morgan fingerprint density at radius 3 is 2.58 bits per heavy atom. The number of benzene rings is 1. The molecule has 0 amide bonds. The van der Waals surface area contributed by atoms with Gasteiger partial charge >= 0.3 is 0 Å². The monoisotopic (exact) mass is 509 g/mol. The highest BCUT2D eigenvalue weighted by molar-refractivity contribution is 6.05. The molecule has 10 heteroatoms. The van der Waals surface area contributed by atoms with Crippen LogP contribution in [0.4, 0.5) is 11.4 Å². The fourth-order valence-corrected chi connectivity index (χ4v) is 4.99. The molecule has 2 N–H and O–H groups in total. The maximum atomic E-state index is 13.5. The summed E-state index contributed by atoms with van der Waals surface area (Å²) in [6.07, 6.45) is 3.54. The number of imidazole rings is 1. The lowest BCUT2D eigenvalue weighted by Crippen LogP contribution is -2.44. The zero-order valence-corrected chi connectivity index (χ0v) is 22.1. The molecule has 1 aliphatic rings. The van der Waals surface area contributed by atoms with Crippen molar-refractivity contribution in [3.8, 4) is 11.4 Å². The predicted molar refractivity (Wildman–Crippen MR) is 151 cm³/mol. The zero-order valence-electron chi connectivity index (χ0n) is 22.1. The number of rotatable bonds is 5. The van der Waals surface area contributed by atoms with Crippen LogP contribution in [0.3, 0.4) is 0 Å². The minimum Gasteiger partial charge on any atom is -0.369 e. The number of aromatic amines is 2. The normalized spacial score (nSPS) is 15.3. The Morgan fingerprint density at radius 2 is 1.84 bits per heavy atom. The number of fused-ring (bicyclic) bond motifs is 2. The first-order valence-electron chi connectivity index (χ1n) is 12.9. The number of aryl methyl sites for hydroxylation is 1. The minimum atomic E-state index is -0.272. The molecule has 1 aliphatic heterocycles. The SMILES string of the molecule is CC(C)/C(=N/c1c(-c2nc3ccc(N4CCN(C)CC4)cc3[nH]2)c(=O)[nH]c2cn(C)nc12)c1ccccn1. The molecule has 10 nitrogen and oxygen atoms in total.